The molecular weight excluding hydrogens is 166 g/mol. The molecule has 0 radical (unpaired) electrons. The molecule has 1 saturated carbocycles. The van der Waals surface area contributed by atoms with Crippen molar-refractivity contribution in [1.82, 2.24) is 4.90 Å². The van der Waals surface area contributed by atoms with Crippen LogP contribution in [0.3, 0.4) is 0 Å². The molecule has 2 aliphatic rings. The Morgan fingerprint density at radius 1 is 1.38 bits per heavy atom. The number of carbonyl (C=O) groups excluding carboxylic acids is 1. The third-order valence-corrected chi connectivity index (χ3v) is 3.20. The summed E-state index contributed by atoms with van der Waals surface area (Å²) in [5, 5.41) is 9.28. The van der Waals surface area contributed by atoms with Gasteiger partial charge >= 0.3 is 0 Å². The van der Waals surface area contributed by atoms with Crippen LogP contribution in [-0.2, 0) is 4.79 Å². The lowest BCUT2D eigenvalue weighted by Crippen LogP contribution is -2.41. The first-order chi connectivity index (χ1) is 6.18. The molecule has 0 aromatic heterocycles. The first-order valence-electron chi connectivity index (χ1n) is 5.15. The maximum Gasteiger partial charge on any atom is 0.225 e. The monoisotopic (exact) mass is 183 g/mol. The van der Waals surface area contributed by atoms with Crippen molar-refractivity contribution in [2.24, 2.45) is 11.8 Å². The molecule has 2 fully saturated rings. The Labute approximate surface area is 78.7 Å². The van der Waals surface area contributed by atoms with E-state index in [-0.39, 0.29) is 6.10 Å². The van der Waals surface area contributed by atoms with Crippen LogP contribution in [0.2, 0.25) is 0 Å². The fourth-order valence-electron chi connectivity index (χ4n) is 1.99. The van der Waals surface area contributed by atoms with Gasteiger partial charge in [0.15, 0.2) is 0 Å². The van der Waals surface area contributed by atoms with Gasteiger partial charge < -0.3 is 10.0 Å². The quantitative estimate of drug-likeness (QED) is 0.647. The highest BCUT2D eigenvalue weighted by atomic mass is 16.3. The molecule has 74 valence electrons. The van der Waals surface area contributed by atoms with Gasteiger partial charge in [-0.1, -0.05) is 6.92 Å². The predicted molar refractivity (Wildman–Crippen MR) is 49.1 cm³/mol. The van der Waals surface area contributed by atoms with Crippen LogP contribution in [0.15, 0.2) is 0 Å². The fourth-order valence-corrected chi connectivity index (χ4v) is 1.99. The lowest BCUT2D eigenvalue weighted by molar-refractivity contribution is -0.134. The number of nitrogens with zero attached hydrogens (tertiary/aromatic N) is 1. The van der Waals surface area contributed by atoms with Crippen LogP contribution in [0.25, 0.3) is 0 Å². The summed E-state index contributed by atoms with van der Waals surface area (Å²) in [6.45, 7) is 3.63. The van der Waals surface area contributed by atoms with Crippen molar-refractivity contribution in [3.05, 3.63) is 0 Å². The Bertz CT molecular complexity index is 209. The van der Waals surface area contributed by atoms with Crippen LogP contribution in [-0.4, -0.2) is 35.1 Å². The number of likely N-dealkylation sites (tertiary alicyclic amines) is 1. The number of carbonyl (C=O) groups is 1. The molecule has 1 amide bonds. The summed E-state index contributed by atoms with van der Waals surface area (Å²) in [5.41, 5.74) is 0. The van der Waals surface area contributed by atoms with Gasteiger partial charge in [-0.25, -0.2) is 0 Å². The van der Waals surface area contributed by atoms with Crippen molar-refractivity contribution in [2.45, 2.75) is 32.3 Å². The van der Waals surface area contributed by atoms with Gasteiger partial charge in [0.1, 0.15) is 0 Å². The second-order valence-corrected chi connectivity index (χ2v) is 4.38. The van der Waals surface area contributed by atoms with E-state index in [1.54, 1.807) is 0 Å². The average Bonchev–Trinajstić information content (AvgIpc) is 2.83. The van der Waals surface area contributed by atoms with Gasteiger partial charge in [0, 0.05) is 19.0 Å². The molecule has 1 aliphatic carbocycles. The molecule has 2 unspecified atom stereocenters. The SMILES string of the molecule is CC1CC1C(=O)N1CCC(O)CC1. The highest BCUT2D eigenvalue weighted by molar-refractivity contribution is 5.81. The molecule has 2 rings (SSSR count). The second-order valence-electron chi connectivity index (χ2n) is 4.38. The summed E-state index contributed by atoms with van der Waals surface area (Å²) in [5.74, 6) is 1.22. The van der Waals surface area contributed by atoms with Gasteiger partial charge in [-0.2, -0.15) is 0 Å². The maximum atomic E-state index is 11.7. The van der Waals surface area contributed by atoms with Gasteiger partial charge in [0.25, 0.3) is 0 Å². The largest absolute Gasteiger partial charge is 0.393 e. The Morgan fingerprint density at radius 2 is 1.92 bits per heavy atom. The van der Waals surface area contributed by atoms with E-state index < -0.39 is 0 Å². The first kappa shape index (κ1) is 9.00. The first-order valence-corrected chi connectivity index (χ1v) is 5.15. The Morgan fingerprint density at radius 3 is 2.38 bits per heavy atom. The Balaban J connectivity index is 1.84. The molecule has 2 atom stereocenters. The molecule has 1 saturated heterocycles. The van der Waals surface area contributed by atoms with Crippen molar-refractivity contribution in [1.29, 1.82) is 0 Å². The number of hydrogen-bond donors (Lipinski definition) is 1. The number of hydrogen-bond acceptors (Lipinski definition) is 2. The van der Waals surface area contributed by atoms with E-state index in [0.717, 1.165) is 32.4 Å². The van der Waals surface area contributed by atoms with Gasteiger partial charge in [0.05, 0.1) is 6.10 Å². The summed E-state index contributed by atoms with van der Waals surface area (Å²) in [6.07, 6.45) is 2.40. The van der Waals surface area contributed by atoms with Crippen molar-refractivity contribution in [3.63, 3.8) is 0 Å². The minimum atomic E-state index is -0.180. The zero-order valence-electron chi connectivity index (χ0n) is 8.07. The Kier molecular flexibility index (Phi) is 2.28. The molecule has 0 aromatic carbocycles. The minimum absolute atomic E-state index is 0.180. The van der Waals surface area contributed by atoms with Crippen molar-refractivity contribution in [3.8, 4) is 0 Å². The standard InChI is InChI=1S/C10H17NO2/c1-7-6-9(7)10(13)11-4-2-8(12)3-5-11/h7-9,12H,2-6H2,1H3. The molecule has 13 heavy (non-hydrogen) atoms. The summed E-state index contributed by atoms with van der Waals surface area (Å²) in [6, 6.07) is 0. The molecule has 3 heteroatoms. The number of rotatable bonds is 1. The molecule has 0 aromatic rings. The van der Waals surface area contributed by atoms with E-state index in [9.17, 15) is 9.90 Å². The van der Waals surface area contributed by atoms with E-state index in [2.05, 4.69) is 6.92 Å². The number of piperidine rings is 1. The third-order valence-electron chi connectivity index (χ3n) is 3.20. The number of aliphatic hydroxyl groups excluding tert-OH is 1. The van der Waals surface area contributed by atoms with Gasteiger partial charge in [0.2, 0.25) is 5.91 Å². The smallest absolute Gasteiger partial charge is 0.225 e. The van der Waals surface area contributed by atoms with Crippen LogP contribution in [0, 0.1) is 11.8 Å². The second kappa shape index (κ2) is 3.29. The zero-order valence-corrected chi connectivity index (χ0v) is 8.07. The minimum Gasteiger partial charge on any atom is -0.393 e. The van der Waals surface area contributed by atoms with E-state index >= 15 is 0 Å². The topological polar surface area (TPSA) is 40.5 Å². The van der Waals surface area contributed by atoms with Crippen LogP contribution in [0.4, 0.5) is 0 Å². The normalized spacial score (nSPS) is 34.8. The summed E-state index contributed by atoms with van der Waals surface area (Å²) in [7, 11) is 0. The van der Waals surface area contributed by atoms with Crippen LogP contribution >= 0.6 is 0 Å². The predicted octanol–water partition coefficient (Wildman–Crippen LogP) is 0.626. The molecule has 1 heterocycles. The highest BCUT2D eigenvalue weighted by Gasteiger charge is 2.41. The fraction of sp³-hybridized carbons (Fsp3) is 0.900. The van der Waals surface area contributed by atoms with E-state index in [1.807, 2.05) is 4.90 Å². The molecule has 1 aliphatic heterocycles. The van der Waals surface area contributed by atoms with E-state index in [1.165, 1.54) is 0 Å². The van der Waals surface area contributed by atoms with E-state index in [0.29, 0.717) is 17.7 Å². The van der Waals surface area contributed by atoms with Crippen LogP contribution in [0.1, 0.15) is 26.2 Å². The lowest BCUT2D eigenvalue weighted by Gasteiger charge is -2.29. The van der Waals surface area contributed by atoms with Gasteiger partial charge in [-0.05, 0) is 25.2 Å². The van der Waals surface area contributed by atoms with Crippen LogP contribution in [0.5, 0.6) is 0 Å². The van der Waals surface area contributed by atoms with Crippen molar-refractivity contribution >= 4 is 5.91 Å². The number of aliphatic hydroxyl groups is 1. The Hall–Kier alpha value is -0.570. The van der Waals surface area contributed by atoms with Crippen molar-refractivity contribution in [2.75, 3.05) is 13.1 Å². The highest BCUT2D eigenvalue weighted by Crippen LogP contribution is 2.39. The molecule has 0 bridgehead atoms. The molecule has 3 nitrogen and oxygen atoms in total. The number of amides is 1. The van der Waals surface area contributed by atoms with E-state index in [4.69, 9.17) is 0 Å². The van der Waals surface area contributed by atoms with Crippen molar-refractivity contribution < 1.29 is 9.90 Å². The summed E-state index contributed by atoms with van der Waals surface area (Å²) >= 11 is 0. The van der Waals surface area contributed by atoms with Crippen LogP contribution < -0.4 is 0 Å². The average molecular weight is 183 g/mol. The summed E-state index contributed by atoms with van der Waals surface area (Å²) < 4.78 is 0. The molecule has 0 spiro atoms. The van der Waals surface area contributed by atoms with Gasteiger partial charge in [-0.3, -0.25) is 4.79 Å². The molecule has 1 N–H and O–H groups in total. The van der Waals surface area contributed by atoms with Gasteiger partial charge in [-0.15, -0.1) is 0 Å². The molecular formula is C10H17NO2. The maximum absolute atomic E-state index is 11.7. The lowest BCUT2D eigenvalue weighted by atomic mass is 10.1. The zero-order chi connectivity index (χ0) is 9.42. The summed E-state index contributed by atoms with van der Waals surface area (Å²) in [4.78, 5) is 13.6. The third kappa shape index (κ3) is 1.85.